The fourth-order valence-electron chi connectivity index (χ4n) is 4.94. The van der Waals surface area contributed by atoms with Crippen molar-refractivity contribution in [2.45, 2.75) is 17.5 Å². The first-order valence-electron chi connectivity index (χ1n) is 9.95. The second kappa shape index (κ2) is 7.61. The highest BCUT2D eigenvalue weighted by atomic mass is 16.3. The Bertz CT molecular complexity index is 879. The summed E-state index contributed by atoms with van der Waals surface area (Å²) in [5, 5.41) is 10.1. The monoisotopic (exact) mass is 393 g/mol. The Labute approximate surface area is 171 Å². The zero-order valence-corrected chi connectivity index (χ0v) is 16.9. The first-order chi connectivity index (χ1) is 14.0. The Kier molecular flexibility index (Phi) is 5.15. The van der Waals surface area contributed by atoms with Gasteiger partial charge < -0.3 is 19.8 Å². The highest BCUT2D eigenvalue weighted by Gasteiger charge is 2.67. The number of likely N-dealkylation sites (N-methyl/N-ethyl adjacent to an activating group) is 1. The van der Waals surface area contributed by atoms with Gasteiger partial charge in [0.2, 0.25) is 5.91 Å². The van der Waals surface area contributed by atoms with Crippen LogP contribution in [0.4, 0.5) is 0 Å². The van der Waals surface area contributed by atoms with Crippen LogP contribution in [0.3, 0.4) is 0 Å². The van der Waals surface area contributed by atoms with Gasteiger partial charge in [0.25, 0.3) is 5.91 Å². The fourth-order valence-corrected chi connectivity index (χ4v) is 4.94. The molecule has 2 aromatic rings. The number of carbonyl (C=O) groups is 2. The minimum Gasteiger partial charge on any atom is -0.394 e. The van der Waals surface area contributed by atoms with Gasteiger partial charge in [-0.3, -0.25) is 9.59 Å². The smallest absolute Gasteiger partial charge is 0.254 e. The molecule has 2 saturated heterocycles. The van der Waals surface area contributed by atoms with Crippen molar-refractivity contribution in [2.75, 3.05) is 40.3 Å². The molecule has 0 unspecified atom stereocenters. The summed E-state index contributed by atoms with van der Waals surface area (Å²) >= 11 is 0. The molecule has 2 aromatic carbocycles. The molecule has 6 nitrogen and oxygen atoms in total. The third-order valence-electron chi connectivity index (χ3n) is 6.08. The number of nitrogens with zero attached hydrogens (tertiary/aromatic N) is 3. The van der Waals surface area contributed by atoms with E-state index in [0.29, 0.717) is 18.7 Å². The number of amides is 2. The molecule has 2 atom stereocenters. The van der Waals surface area contributed by atoms with Crippen molar-refractivity contribution >= 4 is 11.8 Å². The number of hydrogen-bond acceptors (Lipinski definition) is 4. The number of benzene rings is 2. The van der Waals surface area contributed by atoms with E-state index in [1.54, 1.807) is 4.90 Å². The molecule has 4 rings (SSSR count). The van der Waals surface area contributed by atoms with E-state index in [1.807, 2.05) is 84.6 Å². The summed E-state index contributed by atoms with van der Waals surface area (Å²) in [5.74, 6) is -0.0110. The van der Waals surface area contributed by atoms with Crippen LogP contribution in [0, 0.1) is 0 Å². The van der Waals surface area contributed by atoms with Gasteiger partial charge in [0.05, 0.1) is 24.7 Å². The predicted molar refractivity (Wildman–Crippen MR) is 111 cm³/mol. The molecule has 2 heterocycles. The van der Waals surface area contributed by atoms with Crippen LogP contribution in [0.25, 0.3) is 0 Å². The topological polar surface area (TPSA) is 64.1 Å². The molecule has 0 aliphatic carbocycles. The van der Waals surface area contributed by atoms with E-state index in [-0.39, 0.29) is 36.9 Å². The zero-order chi connectivity index (χ0) is 20.6. The number of aliphatic hydroxyl groups excluding tert-OH is 1. The highest BCUT2D eigenvalue weighted by molar-refractivity contribution is 5.95. The van der Waals surface area contributed by atoms with Crippen LogP contribution in [0.15, 0.2) is 60.7 Å². The largest absolute Gasteiger partial charge is 0.394 e. The van der Waals surface area contributed by atoms with Crippen LogP contribution in [0.1, 0.15) is 21.8 Å². The summed E-state index contributed by atoms with van der Waals surface area (Å²) in [6.07, 6.45) is 0. The molecule has 1 N–H and O–H groups in total. The number of rotatable bonds is 5. The quantitative estimate of drug-likeness (QED) is 0.835. The first kappa shape index (κ1) is 19.6. The SMILES string of the molecule is CN(C)CC(=O)N1[C@H](CO)[C@@H](c2ccccc2)C12CN(C(=O)c1ccccc1)C2. The number of carbonyl (C=O) groups excluding carboxylic acids is 2. The molecule has 2 fully saturated rings. The van der Waals surface area contributed by atoms with Crippen LogP contribution in [0.5, 0.6) is 0 Å². The molecular weight excluding hydrogens is 366 g/mol. The summed E-state index contributed by atoms with van der Waals surface area (Å²) in [4.78, 5) is 31.3. The Morgan fingerprint density at radius 3 is 2.17 bits per heavy atom. The molecule has 29 heavy (non-hydrogen) atoms. The maximum atomic E-state index is 13.0. The van der Waals surface area contributed by atoms with E-state index in [4.69, 9.17) is 0 Å². The molecular formula is C23H27N3O3. The van der Waals surface area contributed by atoms with Gasteiger partial charge in [-0.05, 0) is 31.8 Å². The van der Waals surface area contributed by atoms with Crippen molar-refractivity contribution < 1.29 is 14.7 Å². The summed E-state index contributed by atoms with van der Waals surface area (Å²) in [6.45, 7) is 1.16. The normalized spacial score (nSPS) is 22.3. The first-order valence-corrected chi connectivity index (χ1v) is 9.95. The van der Waals surface area contributed by atoms with E-state index >= 15 is 0 Å². The van der Waals surface area contributed by atoms with Gasteiger partial charge in [-0.1, -0.05) is 48.5 Å². The Morgan fingerprint density at radius 1 is 1.03 bits per heavy atom. The summed E-state index contributed by atoms with van der Waals surface area (Å²) in [7, 11) is 3.72. The molecule has 6 heteroatoms. The molecule has 2 amide bonds. The molecule has 0 radical (unpaired) electrons. The van der Waals surface area contributed by atoms with Crippen LogP contribution in [-0.4, -0.2) is 83.5 Å². The zero-order valence-electron chi connectivity index (χ0n) is 16.9. The van der Waals surface area contributed by atoms with Gasteiger partial charge in [0.15, 0.2) is 0 Å². The van der Waals surface area contributed by atoms with E-state index in [0.717, 1.165) is 5.56 Å². The van der Waals surface area contributed by atoms with Crippen LogP contribution in [0.2, 0.25) is 0 Å². The average Bonchev–Trinajstić information content (AvgIpc) is 2.67. The van der Waals surface area contributed by atoms with Gasteiger partial charge in [0.1, 0.15) is 0 Å². The highest BCUT2D eigenvalue weighted by Crippen LogP contribution is 2.54. The molecule has 0 aromatic heterocycles. The minimum atomic E-state index is -0.452. The van der Waals surface area contributed by atoms with E-state index in [2.05, 4.69) is 0 Å². The molecule has 0 saturated carbocycles. The maximum Gasteiger partial charge on any atom is 0.254 e. The van der Waals surface area contributed by atoms with Gasteiger partial charge in [0, 0.05) is 24.6 Å². The van der Waals surface area contributed by atoms with Crippen molar-refractivity contribution in [3.8, 4) is 0 Å². The lowest BCUT2D eigenvalue weighted by molar-refractivity contribution is -0.194. The molecule has 152 valence electrons. The third kappa shape index (κ3) is 3.22. The molecule has 2 aliphatic rings. The molecule has 0 bridgehead atoms. The van der Waals surface area contributed by atoms with E-state index in [9.17, 15) is 14.7 Å². The lowest BCUT2D eigenvalue weighted by atomic mass is 9.60. The third-order valence-corrected chi connectivity index (χ3v) is 6.08. The van der Waals surface area contributed by atoms with Crippen molar-refractivity contribution in [3.05, 3.63) is 71.8 Å². The lowest BCUT2D eigenvalue weighted by Gasteiger charge is -2.70. The predicted octanol–water partition coefficient (Wildman–Crippen LogP) is 1.43. The molecule has 1 spiro atoms. The molecule has 2 aliphatic heterocycles. The summed E-state index contributed by atoms with van der Waals surface area (Å²) in [6, 6.07) is 19.0. The van der Waals surface area contributed by atoms with Gasteiger partial charge in [-0.2, -0.15) is 0 Å². The van der Waals surface area contributed by atoms with Crippen molar-refractivity contribution in [1.82, 2.24) is 14.7 Å². The van der Waals surface area contributed by atoms with Gasteiger partial charge in [-0.15, -0.1) is 0 Å². The van der Waals surface area contributed by atoms with Crippen molar-refractivity contribution in [3.63, 3.8) is 0 Å². The number of likely N-dealkylation sites (tertiary alicyclic amines) is 2. The summed E-state index contributed by atoms with van der Waals surface area (Å²) in [5.41, 5.74) is 1.31. The van der Waals surface area contributed by atoms with Crippen LogP contribution < -0.4 is 0 Å². The second-order valence-corrected chi connectivity index (χ2v) is 8.27. The Morgan fingerprint density at radius 2 is 1.62 bits per heavy atom. The van der Waals surface area contributed by atoms with Gasteiger partial charge >= 0.3 is 0 Å². The van der Waals surface area contributed by atoms with Crippen molar-refractivity contribution in [1.29, 1.82) is 0 Å². The second-order valence-electron chi connectivity index (χ2n) is 8.27. The van der Waals surface area contributed by atoms with E-state index < -0.39 is 5.54 Å². The fraction of sp³-hybridized carbons (Fsp3) is 0.391. The number of aliphatic hydroxyl groups is 1. The standard InChI is InChI=1S/C23H27N3O3/c1-24(2)13-20(28)26-19(14-27)21(17-9-5-3-6-10-17)23(26)15-25(16-23)22(29)18-11-7-4-8-12-18/h3-12,19,21,27H,13-16H2,1-2H3/t19-,21-/m1/s1. The van der Waals surface area contributed by atoms with E-state index in [1.165, 1.54) is 0 Å². The Hall–Kier alpha value is -2.70. The van der Waals surface area contributed by atoms with Crippen molar-refractivity contribution in [2.24, 2.45) is 0 Å². The maximum absolute atomic E-state index is 13.0. The minimum absolute atomic E-state index is 0.00644. The lowest BCUT2D eigenvalue weighted by Crippen LogP contribution is -2.86. The van der Waals surface area contributed by atoms with Gasteiger partial charge in [-0.25, -0.2) is 0 Å². The number of hydrogen-bond donors (Lipinski definition) is 1. The summed E-state index contributed by atoms with van der Waals surface area (Å²) < 4.78 is 0. The van der Waals surface area contributed by atoms with Crippen LogP contribution in [-0.2, 0) is 4.79 Å². The Balaban J connectivity index is 1.62. The average molecular weight is 393 g/mol. The van der Waals surface area contributed by atoms with Crippen LogP contribution >= 0.6 is 0 Å².